The molecule has 0 fully saturated rings. The molecule has 0 spiro atoms. The quantitative estimate of drug-likeness (QED) is 0.886. The van der Waals surface area contributed by atoms with Gasteiger partial charge in [-0.15, -0.1) is 11.3 Å². The van der Waals surface area contributed by atoms with Crippen LogP contribution in [-0.4, -0.2) is 23.2 Å². The molecule has 0 aliphatic heterocycles. The Hall–Kier alpha value is -2.08. The van der Waals surface area contributed by atoms with Crippen molar-refractivity contribution in [2.45, 2.75) is 26.9 Å². The maximum absolute atomic E-state index is 11.2. The van der Waals surface area contributed by atoms with Crippen LogP contribution in [0.1, 0.15) is 32.9 Å². The van der Waals surface area contributed by atoms with Crippen molar-refractivity contribution in [3.8, 4) is 11.5 Å². The Morgan fingerprint density at radius 3 is 2.76 bits per heavy atom. The zero-order valence-electron chi connectivity index (χ0n) is 12.2. The van der Waals surface area contributed by atoms with Gasteiger partial charge in [0.25, 0.3) is 0 Å². The summed E-state index contributed by atoms with van der Waals surface area (Å²) in [6.07, 6.45) is 0.783. The predicted octanol–water partition coefficient (Wildman–Crippen LogP) is 3.30. The third-order valence-corrected chi connectivity index (χ3v) is 4.13. The Bertz CT molecular complexity index is 651. The van der Waals surface area contributed by atoms with Gasteiger partial charge in [-0.3, -0.25) is 4.98 Å². The van der Waals surface area contributed by atoms with Gasteiger partial charge in [0.05, 0.1) is 12.8 Å². The van der Waals surface area contributed by atoms with E-state index in [1.165, 1.54) is 11.3 Å². The zero-order chi connectivity index (χ0) is 15.4. The van der Waals surface area contributed by atoms with Crippen LogP contribution in [0.25, 0.3) is 0 Å². The molecule has 112 valence electrons. The lowest BCUT2D eigenvalue weighted by Gasteiger charge is -2.08. The number of rotatable bonds is 6. The second kappa shape index (κ2) is 6.58. The molecule has 0 saturated heterocycles. The lowest BCUT2D eigenvalue weighted by molar-refractivity contribution is 0.0697. The Labute approximate surface area is 127 Å². The highest BCUT2D eigenvalue weighted by Gasteiger charge is 2.16. The minimum absolute atomic E-state index is 0.207. The van der Waals surface area contributed by atoms with Crippen molar-refractivity contribution >= 4 is 17.3 Å². The summed E-state index contributed by atoms with van der Waals surface area (Å²) in [6.45, 7) is 4.06. The third-order valence-electron chi connectivity index (χ3n) is 2.88. The number of aromatic nitrogens is 1. The van der Waals surface area contributed by atoms with Gasteiger partial charge < -0.3 is 14.6 Å². The molecule has 2 rings (SSSR count). The van der Waals surface area contributed by atoms with E-state index in [0.29, 0.717) is 17.2 Å². The average Bonchev–Trinajstić information content (AvgIpc) is 2.88. The first kappa shape index (κ1) is 15.3. The normalized spacial score (nSPS) is 10.4. The van der Waals surface area contributed by atoms with E-state index in [1.807, 2.05) is 19.9 Å². The first-order chi connectivity index (χ1) is 10.0. The van der Waals surface area contributed by atoms with Crippen LogP contribution in [0, 0.1) is 6.92 Å². The van der Waals surface area contributed by atoms with Crippen LogP contribution < -0.4 is 9.47 Å². The Morgan fingerprint density at radius 2 is 2.14 bits per heavy atom. The van der Waals surface area contributed by atoms with Gasteiger partial charge in [-0.25, -0.2) is 4.79 Å². The Balaban J connectivity index is 2.18. The summed E-state index contributed by atoms with van der Waals surface area (Å²) < 4.78 is 10.8. The summed E-state index contributed by atoms with van der Waals surface area (Å²) in [5.41, 5.74) is 1.53. The fourth-order valence-electron chi connectivity index (χ4n) is 1.90. The predicted molar refractivity (Wildman–Crippen MR) is 80.5 cm³/mol. The van der Waals surface area contributed by atoms with Crippen molar-refractivity contribution in [1.82, 2.24) is 4.98 Å². The molecular formula is C15H17NO4S. The molecule has 0 atom stereocenters. The number of nitrogens with zero attached hydrogens (tertiary/aromatic N) is 1. The van der Waals surface area contributed by atoms with Gasteiger partial charge in [0.1, 0.15) is 18.1 Å². The molecular weight excluding hydrogens is 290 g/mol. The van der Waals surface area contributed by atoms with Crippen LogP contribution in [0.5, 0.6) is 11.5 Å². The molecule has 2 aromatic rings. The number of carbonyl (C=O) groups is 1. The van der Waals surface area contributed by atoms with Crippen LogP contribution in [-0.2, 0) is 13.0 Å². The number of carboxylic acid groups (broad SMARTS) is 1. The summed E-state index contributed by atoms with van der Waals surface area (Å²) in [7, 11) is 1.59. The Kier molecular flexibility index (Phi) is 4.80. The van der Waals surface area contributed by atoms with E-state index in [2.05, 4.69) is 4.98 Å². The van der Waals surface area contributed by atoms with E-state index < -0.39 is 5.97 Å². The number of thiophene rings is 1. The van der Waals surface area contributed by atoms with Gasteiger partial charge in [-0.1, -0.05) is 6.92 Å². The molecule has 0 aliphatic carbocycles. The molecule has 5 nitrogen and oxygen atoms in total. The number of aryl methyl sites for hydroxylation is 2. The van der Waals surface area contributed by atoms with Crippen molar-refractivity contribution in [2.24, 2.45) is 0 Å². The summed E-state index contributed by atoms with van der Waals surface area (Å²) in [5, 5.41) is 9.19. The van der Waals surface area contributed by atoms with Crippen molar-refractivity contribution in [2.75, 3.05) is 7.11 Å². The molecule has 0 unspecified atom stereocenters. The monoisotopic (exact) mass is 307 g/mol. The summed E-state index contributed by atoms with van der Waals surface area (Å²) in [6, 6.07) is 5.38. The number of hydrogen-bond acceptors (Lipinski definition) is 5. The minimum Gasteiger partial charge on any atom is -0.497 e. The molecule has 0 radical (unpaired) electrons. The standard InChI is InChI=1S/C15H17NO4S/c1-4-12-7-13(14(21-12)15(17)18)20-8-10-6-11(19-3)5-9(2)16-10/h5-7H,4,8H2,1-3H3,(H,17,18). The van der Waals surface area contributed by atoms with Crippen LogP contribution in [0.2, 0.25) is 0 Å². The highest BCUT2D eigenvalue weighted by atomic mass is 32.1. The fourth-order valence-corrected chi connectivity index (χ4v) is 2.78. The summed E-state index contributed by atoms with van der Waals surface area (Å²) >= 11 is 1.24. The lowest BCUT2D eigenvalue weighted by Crippen LogP contribution is -2.03. The number of pyridine rings is 1. The largest absolute Gasteiger partial charge is 0.497 e. The van der Waals surface area contributed by atoms with Gasteiger partial charge in [0, 0.05) is 22.7 Å². The first-order valence-electron chi connectivity index (χ1n) is 6.53. The van der Waals surface area contributed by atoms with Crippen LogP contribution >= 0.6 is 11.3 Å². The molecule has 1 N–H and O–H groups in total. The second-order valence-corrected chi connectivity index (χ2v) is 5.63. The number of ether oxygens (including phenoxy) is 2. The first-order valence-corrected chi connectivity index (χ1v) is 7.35. The number of aromatic carboxylic acids is 1. The third kappa shape index (κ3) is 3.72. The second-order valence-electron chi connectivity index (χ2n) is 4.49. The summed E-state index contributed by atoms with van der Waals surface area (Å²) in [5.74, 6) is 0.134. The lowest BCUT2D eigenvalue weighted by atomic mass is 10.3. The number of methoxy groups -OCH3 is 1. The number of carboxylic acids is 1. The maximum Gasteiger partial charge on any atom is 0.349 e. The van der Waals surface area contributed by atoms with Gasteiger partial charge >= 0.3 is 5.97 Å². The fraction of sp³-hybridized carbons (Fsp3) is 0.333. The van der Waals surface area contributed by atoms with Crippen molar-refractivity contribution in [1.29, 1.82) is 0 Å². The van der Waals surface area contributed by atoms with E-state index in [1.54, 1.807) is 19.2 Å². The van der Waals surface area contributed by atoms with Crippen LogP contribution in [0.3, 0.4) is 0 Å². The van der Waals surface area contributed by atoms with E-state index in [4.69, 9.17) is 9.47 Å². The van der Waals surface area contributed by atoms with Crippen molar-refractivity contribution < 1.29 is 19.4 Å². The molecule has 0 amide bonds. The molecule has 0 aromatic carbocycles. The topological polar surface area (TPSA) is 68.7 Å². The van der Waals surface area contributed by atoms with Gasteiger partial charge in [-0.2, -0.15) is 0 Å². The van der Waals surface area contributed by atoms with E-state index >= 15 is 0 Å². The molecule has 6 heteroatoms. The maximum atomic E-state index is 11.2. The minimum atomic E-state index is -0.968. The van der Waals surface area contributed by atoms with Crippen LogP contribution in [0.4, 0.5) is 0 Å². The molecule has 21 heavy (non-hydrogen) atoms. The van der Waals surface area contributed by atoms with E-state index in [0.717, 1.165) is 17.0 Å². The van der Waals surface area contributed by atoms with E-state index in [9.17, 15) is 9.90 Å². The summed E-state index contributed by atoms with van der Waals surface area (Å²) in [4.78, 5) is 16.8. The van der Waals surface area contributed by atoms with Crippen LogP contribution in [0.15, 0.2) is 18.2 Å². The molecule has 2 aromatic heterocycles. The number of hydrogen-bond donors (Lipinski definition) is 1. The Morgan fingerprint density at radius 1 is 1.38 bits per heavy atom. The molecule has 0 bridgehead atoms. The SMILES string of the molecule is CCc1cc(OCc2cc(OC)cc(C)n2)c(C(=O)O)s1. The van der Waals surface area contributed by atoms with Gasteiger partial charge in [-0.05, 0) is 19.4 Å². The molecule has 2 heterocycles. The van der Waals surface area contributed by atoms with Gasteiger partial charge in [0.2, 0.25) is 0 Å². The highest BCUT2D eigenvalue weighted by molar-refractivity contribution is 7.14. The van der Waals surface area contributed by atoms with Crippen molar-refractivity contribution in [3.63, 3.8) is 0 Å². The molecule has 0 saturated carbocycles. The van der Waals surface area contributed by atoms with E-state index in [-0.39, 0.29) is 11.5 Å². The highest BCUT2D eigenvalue weighted by Crippen LogP contribution is 2.30. The smallest absolute Gasteiger partial charge is 0.349 e. The molecule has 0 aliphatic rings. The van der Waals surface area contributed by atoms with Gasteiger partial charge in [0.15, 0.2) is 4.88 Å². The average molecular weight is 307 g/mol. The van der Waals surface area contributed by atoms with Crippen molar-refractivity contribution in [3.05, 3.63) is 39.3 Å². The zero-order valence-corrected chi connectivity index (χ0v) is 13.0.